The summed E-state index contributed by atoms with van der Waals surface area (Å²) in [5.74, 6) is -2.02. The van der Waals surface area contributed by atoms with E-state index < -0.39 is 12.1 Å². The van der Waals surface area contributed by atoms with Gasteiger partial charge in [0.2, 0.25) is 5.88 Å². The van der Waals surface area contributed by atoms with Crippen LogP contribution >= 0.6 is 11.3 Å². The highest BCUT2D eigenvalue weighted by molar-refractivity contribution is 7.18. The predicted molar refractivity (Wildman–Crippen MR) is 104 cm³/mol. The van der Waals surface area contributed by atoms with Crippen molar-refractivity contribution in [3.8, 4) is 5.88 Å². The van der Waals surface area contributed by atoms with Crippen molar-refractivity contribution < 1.29 is 27.8 Å². The van der Waals surface area contributed by atoms with Crippen LogP contribution in [0.25, 0.3) is 10.2 Å². The van der Waals surface area contributed by atoms with Crippen LogP contribution in [0.2, 0.25) is 0 Å². The summed E-state index contributed by atoms with van der Waals surface area (Å²) in [5.41, 5.74) is 5.64. The van der Waals surface area contributed by atoms with Crippen molar-refractivity contribution in [2.24, 2.45) is 5.73 Å². The molecule has 0 radical (unpaired) electrons. The van der Waals surface area contributed by atoms with Crippen LogP contribution in [0.15, 0.2) is 12.4 Å². The lowest BCUT2D eigenvalue weighted by Gasteiger charge is -2.32. The maximum Gasteiger partial charge on any atom is 0.490 e. The van der Waals surface area contributed by atoms with E-state index >= 15 is 0 Å². The summed E-state index contributed by atoms with van der Waals surface area (Å²) in [7, 11) is 4.31. The summed E-state index contributed by atoms with van der Waals surface area (Å²) in [6, 6.07) is 2.82. The molecule has 2 heterocycles. The van der Waals surface area contributed by atoms with Crippen LogP contribution in [0.1, 0.15) is 30.6 Å². The number of aliphatic carboxylic acids is 1. The van der Waals surface area contributed by atoms with E-state index in [2.05, 4.69) is 35.0 Å². The molecule has 1 fully saturated rings. The second-order valence-corrected chi connectivity index (χ2v) is 8.08. The van der Waals surface area contributed by atoms with Crippen LogP contribution in [0.3, 0.4) is 0 Å². The van der Waals surface area contributed by atoms with Crippen molar-refractivity contribution >= 4 is 27.5 Å². The van der Waals surface area contributed by atoms with Crippen LogP contribution in [0, 0.1) is 0 Å². The minimum atomic E-state index is -5.08. The number of carboxylic acids is 1. The first-order valence-corrected chi connectivity index (χ1v) is 10.00. The van der Waals surface area contributed by atoms with Crippen molar-refractivity contribution in [3.63, 3.8) is 0 Å². The summed E-state index contributed by atoms with van der Waals surface area (Å²) in [6.07, 6.45) is 2.23. The third-order valence-corrected chi connectivity index (χ3v) is 5.73. The number of thiophene rings is 1. The molecule has 0 saturated heterocycles. The zero-order valence-corrected chi connectivity index (χ0v) is 17.1. The predicted octanol–water partition coefficient (Wildman–Crippen LogP) is 3.08. The van der Waals surface area contributed by atoms with E-state index in [-0.39, 0.29) is 6.10 Å². The number of carbonyl (C=O) groups is 1. The summed E-state index contributed by atoms with van der Waals surface area (Å²) in [5, 5.41) is 8.16. The number of nitrogens with zero attached hydrogens (tertiary/aromatic N) is 3. The Labute approximate surface area is 170 Å². The maximum atomic E-state index is 10.6. The number of carboxylic acid groups (broad SMARTS) is 1. The molecular weight excluding hydrogens is 409 g/mol. The smallest absolute Gasteiger partial charge is 0.475 e. The largest absolute Gasteiger partial charge is 0.490 e. The van der Waals surface area contributed by atoms with Gasteiger partial charge in [-0.25, -0.2) is 14.8 Å². The lowest BCUT2D eigenvalue weighted by molar-refractivity contribution is -0.192. The molecule has 1 saturated carbocycles. The fourth-order valence-electron chi connectivity index (χ4n) is 3.08. The normalized spacial score (nSPS) is 19.7. The van der Waals surface area contributed by atoms with E-state index in [0.717, 1.165) is 35.4 Å². The summed E-state index contributed by atoms with van der Waals surface area (Å²) < 4.78 is 37.9. The molecule has 2 aromatic heterocycles. The third kappa shape index (κ3) is 6.79. The average Bonchev–Trinajstić information content (AvgIpc) is 3.06. The van der Waals surface area contributed by atoms with Gasteiger partial charge in [0.1, 0.15) is 17.3 Å². The number of ether oxygens (including phenoxy) is 1. The molecule has 3 N–H and O–H groups in total. The molecule has 29 heavy (non-hydrogen) atoms. The number of halogens is 3. The van der Waals surface area contributed by atoms with Gasteiger partial charge in [-0.3, -0.25) is 0 Å². The molecule has 0 atom stereocenters. The molecule has 1 aliphatic rings. The number of hydrogen-bond acceptors (Lipinski definition) is 7. The quantitative estimate of drug-likeness (QED) is 0.746. The Kier molecular flexibility index (Phi) is 8.17. The van der Waals surface area contributed by atoms with Gasteiger partial charge in [-0.1, -0.05) is 0 Å². The highest BCUT2D eigenvalue weighted by atomic mass is 32.1. The van der Waals surface area contributed by atoms with E-state index in [1.165, 1.54) is 17.7 Å². The zero-order chi connectivity index (χ0) is 21.6. The van der Waals surface area contributed by atoms with Gasteiger partial charge >= 0.3 is 12.1 Å². The van der Waals surface area contributed by atoms with E-state index in [1.807, 2.05) is 0 Å². The fraction of sp³-hybridized carbons (Fsp3) is 0.611. The van der Waals surface area contributed by atoms with Crippen molar-refractivity contribution in [3.05, 3.63) is 17.3 Å². The van der Waals surface area contributed by atoms with Gasteiger partial charge in [0, 0.05) is 10.9 Å². The fourth-order valence-corrected chi connectivity index (χ4v) is 4.08. The number of aromatic nitrogens is 2. The Balaban J connectivity index is 0.000000370. The Bertz CT molecular complexity index is 805. The molecule has 0 spiro atoms. The molecule has 162 valence electrons. The van der Waals surface area contributed by atoms with E-state index in [4.69, 9.17) is 20.4 Å². The van der Waals surface area contributed by atoms with Gasteiger partial charge in [-0.05, 0) is 58.8 Å². The van der Waals surface area contributed by atoms with Crippen molar-refractivity contribution in [1.82, 2.24) is 14.9 Å². The summed E-state index contributed by atoms with van der Waals surface area (Å²) in [4.78, 5) is 22.2. The lowest BCUT2D eigenvalue weighted by atomic mass is 9.92. The molecule has 0 bridgehead atoms. The van der Waals surface area contributed by atoms with Crippen molar-refractivity contribution in [1.29, 1.82) is 0 Å². The van der Waals surface area contributed by atoms with Crippen LogP contribution in [-0.2, 0) is 11.2 Å². The Morgan fingerprint density at radius 2 is 1.93 bits per heavy atom. The number of hydrogen-bond donors (Lipinski definition) is 2. The standard InChI is InChI=1S/C16H24N4OS.C2HF3O2/c1-20(2)11-3-5-12(6-4-11)21-15-14-9-13(7-8-17)22-16(14)19-10-18-15;3-2(4,5)1(6)7/h9-12H,3-8,17H2,1-2H3;(H,6,7)/t11-,12-;. The minimum absolute atomic E-state index is 0.271. The van der Waals surface area contributed by atoms with Gasteiger partial charge in [0.05, 0.1) is 5.39 Å². The SMILES string of the molecule is CN(C)[C@H]1CC[C@H](Oc2ncnc3sc(CCN)cc23)CC1.O=C(O)C(F)(F)F. The van der Waals surface area contributed by atoms with E-state index in [0.29, 0.717) is 12.6 Å². The average molecular weight is 434 g/mol. The van der Waals surface area contributed by atoms with Crippen molar-refractivity contribution in [2.75, 3.05) is 20.6 Å². The van der Waals surface area contributed by atoms with Gasteiger partial charge in [-0.2, -0.15) is 13.2 Å². The maximum absolute atomic E-state index is 10.6. The number of fused-ring (bicyclic) bond motifs is 1. The van der Waals surface area contributed by atoms with E-state index in [1.54, 1.807) is 17.7 Å². The van der Waals surface area contributed by atoms with Crippen LogP contribution < -0.4 is 10.5 Å². The minimum Gasteiger partial charge on any atom is -0.475 e. The number of rotatable bonds is 5. The Hall–Kier alpha value is -1.98. The van der Waals surface area contributed by atoms with Gasteiger partial charge in [0.15, 0.2) is 0 Å². The molecule has 2 aromatic rings. The molecule has 0 amide bonds. The third-order valence-electron chi connectivity index (χ3n) is 4.63. The van der Waals surface area contributed by atoms with Crippen LogP contribution in [0.5, 0.6) is 5.88 Å². The highest BCUT2D eigenvalue weighted by Gasteiger charge is 2.38. The Morgan fingerprint density at radius 1 is 1.31 bits per heavy atom. The van der Waals surface area contributed by atoms with E-state index in [9.17, 15) is 13.2 Å². The molecule has 0 aromatic carbocycles. The molecular formula is C18H25F3N4O3S. The zero-order valence-electron chi connectivity index (χ0n) is 16.3. The number of nitrogens with two attached hydrogens (primary N) is 1. The molecule has 11 heteroatoms. The monoisotopic (exact) mass is 434 g/mol. The van der Waals surface area contributed by atoms with Gasteiger partial charge in [-0.15, -0.1) is 11.3 Å². The first kappa shape index (κ1) is 23.3. The Morgan fingerprint density at radius 3 is 2.45 bits per heavy atom. The molecule has 1 aliphatic carbocycles. The molecule has 0 unspecified atom stereocenters. The molecule has 0 aliphatic heterocycles. The van der Waals surface area contributed by atoms with Crippen molar-refractivity contribution in [2.45, 2.75) is 50.4 Å². The molecule has 3 rings (SSSR count). The first-order chi connectivity index (χ1) is 13.6. The first-order valence-electron chi connectivity index (χ1n) is 9.18. The summed E-state index contributed by atoms with van der Waals surface area (Å²) in [6.45, 7) is 0.658. The topological polar surface area (TPSA) is 102 Å². The molecule has 7 nitrogen and oxygen atoms in total. The summed E-state index contributed by atoms with van der Waals surface area (Å²) >= 11 is 1.68. The second-order valence-electron chi connectivity index (χ2n) is 6.96. The second kappa shape index (κ2) is 10.2. The lowest BCUT2D eigenvalue weighted by Crippen LogP contribution is -2.35. The van der Waals surface area contributed by atoms with Crippen LogP contribution in [0.4, 0.5) is 13.2 Å². The highest BCUT2D eigenvalue weighted by Crippen LogP contribution is 2.32. The number of alkyl halides is 3. The van der Waals surface area contributed by atoms with Crippen LogP contribution in [-0.4, -0.2) is 64.9 Å². The van der Waals surface area contributed by atoms with Gasteiger partial charge in [0.25, 0.3) is 0 Å². The van der Waals surface area contributed by atoms with Gasteiger partial charge < -0.3 is 20.5 Å².